The van der Waals surface area contributed by atoms with Gasteiger partial charge in [-0.1, -0.05) is 12.8 Å². The Morgan fingerprint density at radius 1 is 1.08 bits per heavy atom. The summed E-state index contributed by atoms with van der Waals surface area (Å²) in [6, 6.07) is 5.12. The molecule has 0 bridgehead atoms. The molecular weight excluding hydrogens is 343 g/mol. The van der Waals surface area contributed by atoms with Gasteiger partial charge in [0.1, 0.15) is 12.4 Å². The zero-order valence-corrected chi connectivity index (χ0v) is 14.1. The topological polar surface area (TPSA) is 92.8 Å². The van der Waals surface area contributed by atoms with Gasteiger partial charge in [0.2, 0.25) is 11.8 Å². The Hall–Kier alpha value is -2.77. The van der Waals surface area contributed by atoms with Gasteiger partial charge in [-0.05, 0) is 37.1 Å². The number of hydrogen-bond donors (Lipinski definition) is 1. The molecule has 1 N–H and O–H groups in total. The van der Waals surface area contributed by atoms with Gasteiger partial charge in [0, 0.05) is 5.69 Å². The molecule has 1 aromatic carbocycles. The number of nitrogens with one attached hydrogen (secondary N) is 1. The lowest BCUT2D eigenvalue weighted by Gasteiger charge is -2.19. The number of carbonyl (C=O) groups is 4. The lowest BCUT2D eigenvalue weighted by molar-refractivity contribution is -0.154. The predicted molar refractivity (Wildman–Crippen MR) is 88.2 cm³/mol. The van der Waals surface area contributed by atoms with Crippen LogP contribution in [0.5, 0.6) is 0 Å². The first-order valence-electron chi connectivity index (χ1n) is 8.52. The Morgan fingerprint density at radius 2 is 1.65 bits per heavy atom. The lowest BCUT2D eigenvalue weighted by atomic mass is 9.81. The van der Waals surface area contributed by atoms with E-state index in [1.807, 2.05) is 0 Å². The van der Waals surface area contributed by atoms with Gasteiger partial charge in [-0.25, -0.2) is 4.39 Å². The molecule has 2 aliphatic rings. The van der Waals surface area contributed by atoms with Crippen LogP contribution < -0.4 is 5.32 Å². The summed E-state index contributed by atoms with van der Waals surface area (Å²) in [5.74, 6) is -3.16. The molecule has 1 aliphatic heterocycles. The van der Waals surface area contributed by atoms with Gasteiger partial charge < -0.3 is 10.1 Å². The van der Waals surface area contributed by atoms with Crippen molar-refractivity contribution in [2.75, 3.05) is 18.5 Å². The molecule has 1 aromatic rings. The van der Waals surface area contributed by atoms with E-state index in [1.54, 1.807) is 0 Å². The van der Waals surface area contributed by atoms with Crippen molar-refractivity contribution in [1.29, 1.82) is 0 Å². The van der Waals surface area contributed by atoms with Crippen LogP contribution in [0.2, 0.25) is 0 Å². The molecule has 26 heavy (non-hydrogen) atoms. The molecule has 138 valence electrons. The minimum atomic E-state index is -0.820. The smallest absolute Gasteiger partial charge is 0.326 e. The average molecular weight is 362 g/mol. The van der Waals surface area contributed by atoms with Gasteiger partial charge in [-0.2, -0.15) is 0 Å². The predicted octanol–water partition coefficient (Wildman–Crippen LogP) is 1.48. The Morgan fingerprint density at radius 3 is 2.23 bits per heavy atom. The van der Waals surface area contributed by atoms with Gasteiger partial charge in [0.05, 0.1) is 11.8 Å². The maximum atomic E-state index is 12.8. The molecule has 2 fully saturated rings. The fourth-order valence-electron chi connectivity index (χ4n) is 3.44. The summed E-state index contributed by atoms with van der Waals surface area (Å²) < 4.78 is 17.6. The molecule has 0 radical (unpaired) electrons. The largest absolute Gasteiger partial charge is 0.454 e. The fraction of sp³-hybridized carbons (Fsp3) is 0.444. The average Bonchev–Trinajstić information content (AvgIpc) is 2.87. The van der Waals surface area contributed by atoms with Gasteiger partial charge in [-0.15, -0.1) is 0 Å². The second-order valence-corrected chi connectivity index (χ2v) is 6.48. The maximum absolute atomic E-state index is 12.8. The first-order valence-corrected chi connectivity index (χ1v) is 8.52. The van der Waals surface area contributed by atoms with E-state index in [1.165, 1.54) is 24.3 Å². The van der Waals surface area contributed by atoms with E-state index in [0.717, 1.165) is 17.7 Å². The van der Waals surface area contributed by atoms with Crippen LogP contribution in [0.1, 0.15) is 25.7 Å². The van der Waals surface area contributed by atoms with Crippen LogP contribution >= 0.6 is 0 Å². The summed E-state index contributed by atoms with van der Waals surface area (Å²) in [6.07, 6.45) is 3.14. The fourth-order valence-corrected chi connectivity index (χ4v) is 3.44. The molecule has 3 rings (SSSR count). The zero-order chi connectivity index (χ0) is 18.7. The molecule has 2 atom stereocenters. The zero-order valence-electron chi connectivity index (χ0n) is 14.1. The van der Waals surface area contributed by atoms with Crippen LogP contribution in [-0.4, -0.2) is 41.7 Å². The number of esters is 1. The number of rotatable bonds is 5. The number of imide groups is 1. The van der Waals surface area contributed by atoms with E-state index >= 15 is 0 Å². The third kappa shape index (κ3) is 3.89. The van der Waals surface area contributed by atoms with E-state index in [4.69, 9.17) is 4.74 Å². The number of benzene rings is 1. The third-order valence-corrected chi connectivity index (χ3v) is 4.71. The SMILES string of the molecule is O=C(COC(=O)CN1C(=O)C2CCCCC2C1=O)Nc1ccc(F)cc1. The molecule has 1 saturated heterocycles. The number of ether oxygens (including phenoxy) is 1. The number of carbonyl (C=O) groups excluding carboxylic acids is 4. The quantitative estimate of drug-likeness (QED) is 0.633. The number of likely N-dealkylation sites (tertiary alicyclic amines) is 1. The summed E-state index contributed by atoms with van der Waals surface area (Å²) in [5.41, 5.74) is 0.362. The third-order valence-electron chi connectivity index (χ3n) is 4.71. The van der Waals surface area contributed by atoms with Crippen molar-refractivity contribution < 1.29 is 28.3 Å². The Bertz CT molecular complexity index is 710. The molecule has 3 amide bonds. The monoisotopic (exact) mass is 362 g/mol. The number of hydrogen-bond acceptors (Lipinski definition) is 5. The molecule has 0 spiro atoms. The number of amides is 3. The number of halogens is 1. The second kappa shape index (κ2) is 7.63. The first kappa shape index (κ1) is 18.0. The summed E-state index contributed by atoms with van der Waals surface area (Å²) in [6.45, 7) is -1.03. The van der Waals surface area contributed by atoms with Crippen LogP contribution in [-0.2, 0) is 23.9 Å². The molecule has 1 heterocycles. The van der Waals surface area contributed by atoms with Crippen LogP contribution in [0.15, 0.2) is 24.3 Å². The minimum absolute atomic E-state index is 0.326. The van der Waals surface area contributed by atoms with Crippen molar-refractivity contribution in [3.05, 3.63) is 30.1 Å². The molecule has 7 nitrogen and oxygen atoms in total. The summed E-state index contributed by atoms with van der Waals surface area (Å²) >= 11 is 0. The number of anilines is 1. The highest BCUT2D eigenvalue weighted by molar-refractivity contribution is 6.07. The maximum Gasteiger partial charge on any atom is 0.326 e. The van der Waals surface area contributed by atoms with Crippen molar-refractivity contribution >= 4 is 29.4 Å². The molecule has 1 aliphatic carbocycles. The number of nitrogens with zero attached hydrogens (tertiary/aromatic N) is 1. The molecule has 0 aromatic heterocycles. The lowest BCUT2D eigenvalue weighted by Crippen LogP contribution is -2.37. The molecule has 8 heteroatoms. The van der Waals surface area contributed by atoms with Gasteiger partial charge in [-0.3, -0.25) is 24.1 Å². The molecule has 1 saturated carbocycles. The van der Waals surface area contributed by atoms with Gasteiger partial charge in [0.15, 0.2) is 6.61 Å². The Labute approximate surface area is 149 Å². The van der Waals surface area contributed by atoms with Crippen molar-refractivity contribution in [2.45, 2.75) is 25.7 Å². The highest BCUT2D eigenvalue weighted by Crippen LogP contribution is 2.37. The highest BCUT2D eigenvalue weighted by atomic mass is 19.1. The van der Waals surface area contributed by atoms with Crippen LogP contribution in [0.4, 0.5) is 10.1 Å². The molecular formula is C18H19FN2O5. The van der Waals surface area contributed by atoms with Crippen molar-refractivity contribution in [3.8, 4) is 0 Å². The summed E-state index contributed by atoms with van der Waals surface area (Å²) in [4.78, 5) is 49.1. The Kier molecular flexibility index (Phi) is 5.29. The van der Waals surface area contributed by atoms with Crippen LogP contribution in [0.25, 0.3) is 0 Å². The van der Waals surface area contributed by atoms with Gasteiger partial charge in [0.25, 0.3) is 5.91 Å². The van der Waals surface area contributed by atoms with E-state index < -0.39 is 30.8 Å². The van der Waals surface area contributed by atoms with Crippen LogP contribution in [0, 0.1) is 17.7 Å². The first-order chi connectivity index (χ1) is 12.5. The van der Waals surface area contributed by atoms with E-state index in [0.29, 0.717) is 18.5 Å². The normalized spacial score (nSPS) is 22.1. The van der Waals surface area contributed by atoms with Gasteiger partial charge >= 0.3 is 5.97 Å². The number of fused-ring (bicyclic) bond motifs is 1. The van der Waals surface area contributed by atoms with Crippen LogP contribution in [0.3, 0.4) is 0 Å². The van der Waals surface area contributed by atoms with E-state index in [2.05, 4.69) is 5.32 Å². The summed E-state index contributed by atoms with van der Waals surface area (Å²) in [7, 11) is 0. The van der Waals surface area contributed by atoms with E-state index in [9.17, 15) is 23.6 Å². The highest BCUT2D eigenvalue weighted by Gasteiger charge is 2.48. The van der Waals surface area contributed by atoms with Crippen molar-refractivity contribution in [3.63, 3.8) is 0 Å². The second-order valence-electron chi connectivity index (χ2n) is 6.48. The van der Waals surface area contributed by atoms with Crippen molar-refractivity contribution in [1.82, 2.24) is 4.90 Å². The Balaban J connectivity index is 1.48. The standard InChI is InChI=1S/C18H19FN2O5/c19-11-5-7-12(8-6-11)20-15(22)10-26-16(23)9-21-17(24)13-3-1-2-4-14(13)18(21)25/h5-8,13-14H,1-4,9-10H2,(H,20,22). The minimum Gasteiger partial charge on any atom is -0.454 e. The van der Waals surface area contributed by atoms with Crippen molar-refractivity contribution in [2.24, 2.45) is 11.8 Å². The molecule has 2 unspecified atom stereocenters. The van der Waals surface area contributed by atoms with E-state index in [-0.39, 0.29) is 23.7 Å². The summed E-state index contributed by atoms with van der Waals surface area (Å²) in [5, 5.41) is 2.45.